The van der Waals surface area contributed by atoms with E-state index in [1.807, 2.05) is 6.20 Å². The molecule has 1 aliphatic carbocycles. The number of aromatic nitrogens is 2. The van der Waals surface area contributed by atoms with Gasteiger partial charge in [0, 0.05) is 12.4 Å². The zero-order chi connectivity index (χ0) is 10.4. The Bertz CT molecular complexity index is 315. The Morgan fingerprint density at radius 2 is 2.29 bits per heavy atom. The van der Waals surface area contributed by atoms with Crippen molar-refractivity contribution in [2.75, 3.05) is 0 Å². The van der Waals surface area contributed by atoms with Crippen molar-refractivity contribution < 1.29 is 0 Å². The van der Waals surface area contributed by atoms with Crippen molar-refractivity contribution in [2.45, 2.75) is 39.2 Å². The molecular formula is C11H19N3. The number of nitrogens with zero attached hydrogens (tertiary/aromatic N) is 1. The third-order valence-electron chi connectivity index (χ3n) is 3.45. The molecule has 3 heteroatoms. The molecule has 1 aromatic heterocycles. The van der Waals surface area contributed by atoms with Crippen LogP contribution in [0, 0.1) is 11.3 Å². The van der Waals surface area contributed by atoms with Gasteiger partial charge in [-0.3, -0.25) is 0 Å². The van der Waals surface area contributed by atoms with Gasteiger partial charge in [-0.25, -0.2) is 4.98 Å². The lowest BCUT2D eigenvalue weighted by Crippen LogP contribution is -2.40. The maximum atomic E-state index is 6.45. The second-order valence-corrected chi connectivity index (χ2v) is 5.42. The molecule has 3 nitrogen and oxygen atoms in total. The fourth-order valence-electron chi connectivity index (χ4n) is 2.89. The number of imidazole rings is 1. The predicted octanol–water partition coefficient (Wildman–Crippen LogP) is 2.02. The highest BCUT2D eigenvalue weighted by molar-refractivity contribution is 5.13. The summed E-state index contributed by atoms with van der Waals surface area (Å²) in [6.45, 7) is 6.78. The molecule has 2 rings (SSSR count). The van der Waals surface area contributed by atoms with E-state index >= 15 is 0 Å². The monoisotopic (exact) mass is 193 g/mol. The summed E-state index contributed by atoms with van der Waals surface area (Å²) in [7, 11) is 0. The Hall–Kier alpha value is -0.830. The van der Waals surface area contributed by atoms with Crippen LogP contribution in [0.25, 0.3) is 0 Å². The van der Waals surface area contributed by atoms with Crippen molar-refractivity contribution in [1.29, 1.82) is 0 Å². The van der Waals surface area contributed by atoms with Crippen molar-refractivity contribution >= 4 is 0 Å². The minimum absolute atomic E-state index is 0.257. The Kier molecular flexibility index (Phi) is 1.96. The molecule has 0 saturated heterocycles. The van der Waals surface area contributed by atoms with E-state index in [2.05, 4.69) is 30.7 Å². The van der Waals surface area contributed by atoms with Gasteiger partial charge in [0.25, 0.3) is 0 Å². The lowest BCUT2D eigenvalue weighted by Gasteiger charge is -2.27. The normalized spacial score (nSPS) is 36.1. The summed E-state index contributed by atoms with van der Waals surface area (Å²) in [5, 5.41) is 0. The van der Waals surface area contributed by atoms with Crippen molar-refractivity contribution in [2.24, 2.45) is 17.1 Å². The van der Waals surface area contributed by atoms with Gasteiger partial charge in [-0.05, 0) is 24.2 Å². The third-order valence-corrected chi connectivity index (χ3v) is 3.45. The fraction of sp³-hybridized carbons (Fsp3) is 0.727. The molecule has 0 amide bonds. The van der Waals surface area contributed by atoms with Gasteiger partial charge in [-0.15, -0.1) is 0 Å². The van der Waals surface area contributed by atoms with Gasteiger partial charge in [-0.1, -0.05) is 20.8 Å². The Balaban J connectivity index is 2.34. The maximum absolute atomic E-state index is 6.45. The van der Waals surface area contributed by atoms with Crippen LogP contribution < -0.4 is 5.73 Å². The second kappa shape index (κ2) is 2.83. The van der Waals surface area contributed by atoms with E-state index in [9.17, 15) is 0 Å². The maximum Gasteiger partial charge on any atom is 0.126 e. The van der Waals surface area contributed by atoms with E-state index in [4.69, 9.17) is 5.73 Å². The minimum Gasteiger partial charge on any atom is -0.347 e. The first kappa shape index (κ1) is 9.71. The largest absolute Gasteiger partial charge is 0.347 e. The van der Waals surface area contributed by atoms with Crippen molar-refractivity contribution in [3.05, 3.63) is 18.2 Å². The summed E-state index contributed by atoms with van der Waals surface area (Å²) in [5.74, 6) is 1.43. The summed E-state index contributed by atoms with van der Waals surface area (Å²) >= 11 is 0. The molecule has 78 valence electrons. The van der Waals surface area contributed by atoms with E-state index in [1.165, 1.54) is 6.42 Å². The Morgan fingerprint density at radius 3 is 2.71 bits per heavy atom. The molecule has 0 spiro atoms. The van der Waals surface area contributed by atoms with Gasteiger partial charge in [0.05, 0.1) is 5.54 Å². The van der Waals surface area contributed by atoms with Crippen molar-refractivity contribution in [1.82, 2.24) is 9.97 Å². The lowest BCUT2D eigenvalue weighted by atomic mass is 9.87. The van der Waals surface area contributed by atoms with E-state index in [1.54, 1.807) is 6.20 Å². The van der Waals surface area contributed by atoms with E-state index in [0.717, 1.165) is 12.2 Å². The van der Waals surface area contributed by atoms with Gasteiger partial charge in [-0.2, -0.15) is 0 Å². The SMILES string of the molecule is C[C@H]1CC(C)(C)C[C@@]1(N)c1ncc[nH]1. The quantitative estimate of drug-likeness (QED) is 0.717. The van der Waals surface area contributed by atoms with Crippen LogP contribution in [0.1, 0.15) is 39.4 Å². The first-order chi connectivity index (χ1) is 6.44. The lowest BCUT2D eigenvalue weighted by molar-refractivity contribution is 0.315. The first-order valence-corrected chi connectivity index (χ1v) is 5.23. The van der Waals surface area contributed by atoms with Gasteiger partial charge in [0.2, 0.25) is 0 Å². The van der Waals surface area contributed by atoms with Crippen LogP contribution in [0.2, 0.25) is 0 Å². The summed E-state index contributed by atoms with van der Waals surface area (Å²) in [5.41, 5.74) is 6.53. The van der Waals surface area contributed by atoms with Crippen molar-refractivity contribution in [3.63, 3.8) is 0 Å². The van der Waals surface area contributed by atoms with Crippen LogP contribution in [0.4, 0.5) is 0 Å². The standard InChI is InChI=1S/C11H19N3/c1-8-6-10(2,3)7-11(8,12)9-13-4-5-14-9/h4-5,8H,6-7,12H2,1-3H3,(H,13,14)/t8-,11-/m0/s1. The summed E-state index contributed by atoms with van der Waals surface area (Å²) in [6.07, 6.45) is 5.81. The highest BCUT2D eigenvalue weighted by Gasteiger charge is 2.48. The molecule has 3 N–H and O–H groups in total. The highest BCUT2D eigenvalue weighted by Crippen LogP contribution is 2.50. The molecule has 0 unspecified atom stereocenters. The zero-order valence-corrected chi connectivity index (χ0v) is 9.17. The number of rotatable bonds is 1. The topological polar surface area (TPSA) is 54.7 Å². The first-order valence-electron chi connectivity index (χ1n) is 5.23. The number of H-pyrrole nitrogens is 1. The summed E-state index contributed by atoms with van der Waals surface area (Å²) < 4.78 is 0. The van der Waals surface area contributed by atoms with E-state index in [-0.39, 0.29) is 5.54 Å². The van der Waals surface area contributed by atoms with Crippen LogP contribution in [0.15, 0.2) is 12.4 Å². The summed E-state index contributed by atoms with van der Waals surface area (Å²) in [6, 6.07) is 0. The average Bonchev–Trinajstić information content (AvgIpc) is 2.58. The number of aromatic amines is 1. The zero-order valence-electron chi connectivity index (χ0n) is 9.17. The highest BCUT2D eigenvalue weighted by atomic mass is 15.0. The number of nitrogens with one attached hydrogen (secondary N) is 1. The Labute approximate surface area is 85.1 Å². The van der Waals surface area contributed by atoms with Gasteiger partial charge < -0.3 is 10.7 Å². The van der Waals surface area contributed by atoms with Crippen LogP contribution in [-0.4, -0.2) is 9.97 Å². The number of hydrogen-bond donors (Lipinski definition) is 2. The van der Waals surface area contributed by atoms with E-state index < -0.39 is 0 Å². The average molecular weight is 193 g/mol. The van der Waals surface area contributed by atoms with E-state index in [0.29, 0.717) is 11.3 Å². The molecule has 1 saturated carbocycles. The molecule has 1 heterocycles. The molecule has 1 aliphatic rings. The van der Waals surface area contributed by atoms with Gasteiger partial charge in [0.15, 0.2) is 0 Å². The Morgan fingerprint density at radius 1 is 1.57 bits per heavy atom. The molecule has 0 aliphatic heterocycles. The number of hydrogen-bond acceptors (Lipinski definition) is 2. The second-order valence-electron chi connectivity index (χ2n) is 5.42. The summed E-state index contributed by atoms with van der Waals surface area (Å²) in [4.78, 5) is 7.46. The van der Waals surface area contributed by atoms with Crippen LogP contribution in [0.3, 0.4) is 0 Å². The number of nitrogens with two attached hydrogens (primary N) is 1. The van der Waals surface area contributed by atoms with Crippen LogP contribution in [-0.2, 0) is 5.54 Å². The third kappa shape index (κ3) is 1.36. The van der Waals surface area contributed by atoms with Crippen molar-refractivity contribution in [3.8, 4) is 0 Å². The van der Waals surface area contributed by atoms with Crippen LogP contribution >= 0.6 is 0 Å². The smallest absolute Gasteiger partial charge is 0.126 e. The molecule has 0 radical (unpaired) electrons. The predicted molar refractivity (Wildman–Crippen MR) is 56.6 cm³/mol. The molecular weight excluding hydrogens is 174 g/mol. The van der Waals surface area contributed by atoms with Gasteiger partial charge in [0.1, 0.15) is 5.82 Å². The molecule has 0 aromatic carbocycles. The van der Waals surface area contributed by atoms with Crippen LogP contribution in [0.5, 0.6) is 0 Å². The molecule has 14 heavy (non-hydrogen) atoms. The molecule has 1 aromatic rings. The molecule has 1 fully saturated rings. The molecule has 0 bridgehead atoms. The fourth-order valence-corrected chi connectivity index (χ4v) is 2.89. The minimum atomic E-state index is -0.257. The molecule has 2 atom stereocenters. The van der Waals surface area contributed by atoms with Gasteiger partial charge >= 0.3 is 0 Å².